The summed E-state index contributed by atoms with van der Waals surface area (Å²) in [5, 5.41) is 0. The molecule has 1 fully saturated rings. The summed E-state index contributed by atoms with van der Waals surface area (Å²) in [5.74, 6) is 0. The molecule has 0 aromatic rings. The van der Waals surface area contributed by atoms with Crippen molar-refractivity contribution in [3.63, 3.8) is 0 Å². The Morgan fingerprint density at radius 2 is 2.08 bits per heavy atom. The molecular formula is C11H20O. The van der Waals surface area contributed by atoms with Gasteiger partial charge in [-0.2, -0.15) is 0 Å². The average molecular weight is 168 g/mol. The summed E-state index contributed by atoms with van der Waals surface area (Å²) in [6.45, 7) is 10.5. The summed E-state index contributed by atoms with van der Waals surface area (Å²) < 4.78 is 5.90. The lowest BCUT2D eigenvalue weighted by molar-refractivity contribution is -0.0140. The van der Waals surface area contributed by atoms with Gasteiger partial charge < -0.3 is 4.74 Å². The Morgan fingerprint density at radius 1 is 1.42 bits per heavy atom. The van der Waals surface area contributed by atoms with Gasteiger partial charge in [-0.1, -0.05) is 26.8 Å². The zero-order valence-electron chi connectivity index (χ0n) is 8.47. The summed E-state index contributed by atoms with van der Waals surface area (Å²) in [6.07, 6.45) is 6.26. The molecule has 0 bridgehead atoms. The minimum absolute atomic E-state index is 0.302. The molecule has 1 saturated heterocycles. The van der Waals surface area contributed by atoms with E-state index in [1.807, 2.05) is 6.08 Å². The van der Waals surface area contributed by atoms with Crippen LogP contribution in [0.4, 0.5) is 0 Å². The van der Waals surface area contributed by atoms with Crippen LogP contribution < -0.4 is 0 Å². The molecule has 1 heteroatoms. The van der Waals surface area contributed by atoms with Crippen molar-refractivity contribution >= 4 is 0 Å². The highest BCUT2D eigenvalue weighted by atomic mass is 16.5. The van der Waals surface area contributed by atoms with Crippen LogP contribution in [0.5, 0.6) is 0 Å². The Balaban J connectivity index is 2.40. The molecule has 2 atom stereocenters. The zero-order valence-corrected chi connectivity index (χ0v) is 8.47. The summed E-state index contributed by atoms with van der Waals surface area (Å²) in [6, 6.07) is 0. The normalized spacial score (nSPS) is 30.6. The molecule has 1 nitrogen and oxygen atoms in total. The van der Waals surface area contributed by atoms with Gasteiger partial charge in [-0.05, 0) is 24.7 Å². The quantitative estimate of drug-likeness (QED) is 0.575. The first kappa shape index (κ1) is 9.79. The van der Waals surface area contributed by atoms with Gasteiger partial charge in [0.2, 0.25) is 0 Å². The Kier molecular flexibility index (Phi) is 2.94. The highest BCUT2D eigenvalue weighted by molar-refractivity contribution is 4.85. The van der Waals surface area contributed by atoms with Crippen molar-refractivity contribution in [3.05, 3.63) is 12.7 Å². The van der Waals surface area contributed by atoms with Gasteiger partial charge in [0, 0.05) is 0 Å². The lowest BCUT2D eigenvalue weighted by atomic mass is 9.87. The molecule has 0 radical (unpaired) electrons. The van der Waals surface area contributed by atoms with Crippen molar-refractivity contribution in [2.24, 2.45) is 5.41 Å². The van der Waals surface area contributed by atoms with Crippen LogP contribution in [0.3, 0.4) is 0 Å². The first-order valence-electron chi connectivity index (χ1n) is 4.80. The van der Waals surface area contributed by atoms with Crippen LogP contribution in [0.2, 0.25) is 0 Å². The van der Waals surface area contributed by atoms with Crippen molar-refractivity contribution in [2.75, 3.05) is 0 Å². The van der Waals surface area contributed by atoms with E-state index in [1.165, 1.54) is 12.8 Å². The van der Waals surface area contributed by atoms with E-state index in [-0.39, 0.29) is 0 Å². The van der Waals surface area contributed by atoms with Crippen LogP contribution in [0.15, 0.2) is 12.7 Å². The van der Waals surface area contributed by atoms with E-state index < -0.39 is 0 Å². The van der Waals surface area contributed by atoms with Crippen molar-refractivity contribution in [3.8, 4) is 0 Å². The smallest absolute Gasteiger partial charge is 0.0628 e. The molecule has 0 unspecified atom stereocenters. The predicted octanol–water partition coefficient (Wildman–Crippen LogP) is 3.16. The van der Waals surface area contributed by atoms with Crippen molar-refractivity contribution in [1.29, 1.82) is 0 Å². The molecule has 0 N–H and O–H groups in total. The molecule has 0 aromatic carbocycles. The maximum absolute atomic E-state index is 5.90. The second-order valence-electron chi connectivity index (χ2n) is 4.71. The van der Waals surface area contributed by atoms with E-state index in [9.17, 15) is 0 Å². The third-order valence-corrected chi connectivity index (χ3v) is 2.50. The van der Waals surface area contributed by atoms with E-state index in [1.54, 1.807) is 0 Å². The topological polar surface area (TPSA) is 9.23 Å². The van der Waals surface area contributed by atoms with Crippen LogP contribution in [0.1, 0.15) is 40.0 Å². The Labute approximate surface area is 75.8 Å². The largest absolute Gasteiger partial charge is 0.374 e. The second kappa shape index (κ2) is 3.61. The molecule has 1 rings (SSSR count). The fourth-order valence-electron chi connectivity index (χ4n) is 1.70. The monoisotopic (exact) mass is 168 g/mol. The van der Waals surface area contributed by atoms with Gasteiger partial charge >= 0.3 is 0 Å². The van der Waals surface area contributed by atoms with E-state index in [2.05, 4.69) is 27.4 Å². The molecule has 12 heavy (non-hydrogen) atoms. The third-order valence-electron chi connectivity index (χ3n) is 2.50. The van der Waals surface area contributed by atoms with E-state index in [0.29, 0.717) is 17.6 Å². The number of rotatable bonds is 2. The maximum Gasteiger partial charge on any atom is 0.0628 e. The van der Waals surface area contributed by atoms with Gasteiger partial charge in [0.15, 0.2) is 0 Å². The molecule has 0 aliphatic carbocycles. The fourth-order valence-corrected chi connectivity index (χ4v) is 1.70. The highest BCUT2D eigenvalue weighted by Crippen LogP contribution is 2.34. The highest BCUT2D eigenvalue weighted by Gasteiger charge is 2.32. The minimum Gasteiger partial charge on any atom is -0.374 e. The molecule has 0 aromatic heterocycles. The van der Waals surface area contributed by atoms with Crippen LogP contribution in [0.25, 0.3) is 0 Å². The number of hydrogen-bond acceptors (Lipinski definition) is 1. The van der Waals surface area contributed by atoms with Crippen LogP contribution in [-0.2, 0) is 4.74 Å². The summed E-state index contributed by atoms with van der Waals surface area (Å²) in [4.78, 5) is 0. The summed E-state index contributed by atoms with van der Waals surface area (Å²) in [5.41, 5.74) is 0.302. The summed E-state index contributed by atoms with van der Waals surface area (Å²) in [7, 11) is 0. The van der Waals surface area contributed by atoms with Gasteiger partial charge in [-0.3, -0.25) is 0 Å². The SMILES string of the molecule is C=CC[C@H]1CC[C@H](C(C)(C)C)O1. The van der Waals surface area contributed by atoms with Crippen molar-refractivity contribution in [1.82, 2.24) is 0 Å². The molecule has 70 valence electrons. The average Bonchev–Trinajstić information content (AvgIpc) is 2.35. The lowest BCUT2D eigenvalue weighted by Crippen LogP contribution is -2.26. The van der Waals surface area contributed by atoms with Crippen LogP contribution in [-0.4, -0.2) is 12.2 Å². The van der Waals surface area contributed by atoms with Crippen molar-refractivity contribution < 1.29 is 4.74 Å². The van der Waals surface area contributed by atoms with E-state index >= 15 is 0 Å². The fraction of sp³-hybridized carbons (Fsp3) is 0.818. The number of hydrogen-bond donors (Lipinski definition) is 0. The standard InChI is InChI=1S/C11H20O/c1-5-6-9-7-8-10(12-9)11(2,3)4/h5,9-10H,1,6-8H2,2-4H3/t9-,10+/m0/s1. The van der Waals surface area contributed by atoms with Gasteiger partial charge in [0.25, 0.3) is 0 Å². The first-order valence-corrected chi connectivity index (χ1v) is 4.80. The first-order chi connectivity index (χ1) is 5.54. The Morgan fingerprint density at radius 3 is 2.50 bits per heavy atom. The summed E-state index contributed by atoms with van der Waals surface area (Å²) >= 11 is 0. The Bertz CT molecular complexity index is 155. The maximum atomic E-state index is 5.90. The molecule has 0 spiro atoms. The van der Waals surface area contributed by atoms with E-state index in [4.69, 9.17) is 4.74 Å². The molecule has 0 saturated carbocycles. The predicted molar refractivity (Wildman–Crippen MR) is 52.2 cm³/mol. The lowest BCUT2D eigenvalue weighted by Gasteiger charge is -2.26. The third kappa shape index (κ3) is 2.34. The minimum atomic E-state index is 0.302. The molecule has 1 heterocycles. The van der Waals surface area contributed by atoms with E-state index in [0.717, 1.165) is 6.42 Å². The van der Waals surface area contributed by atoms with Gasteiger partial charge in [-0.15, -0.1) is 6.58 Å². The van der Waals surface area contributed by atoms with Crippen molar-refractivity contribution in [2.45, 2.75) is 52.2 Å². The van der Waals surface area contributed by atoms with Crippen LogP contribution >= 0.6 is 0 Å². The molecule has 1 aliphatic heterocycles. The van der Waals surface area contributed by atoms with Crippen LogP contribution in [0, 0.1) is 5.41 Å². The van der Waals surface area contributed by atoms with Gasteiger partial charge in [0.1, 0.15) is 0 Å². The Hall–Kier alpha value is -0.300. The molecular weight excluding hydrogens is 148 g/mol. The second-order valence-corrected chi connectivity index (χ2v) is 4.71. The number of ether oxygens (including phenoxy) is 1. The van der Waals surface area contributed by atoms with Gasteiger partial charge in [-0.25, -0.2) is 0 Å². The van der Waals surface area contributed by atoms with Gasteiger partial charge in [0.05, 0.1) is 12.2 Å². The molecule has 1 aliphatic rings. The molecule has 0 amide bonds. The zero-order chi connectivity index (χ0) is 9.19.